The summed E-state index contributed by atoms with van der Waals surface area (Å²) < 4.78 is 2.78. The van der Waals surface area contributed by atoms with E-state index in [9.17, 15) is 0 Å². The second kappa shape index (κ2) is 17.3. The molecule has 68 heavy (non-hydrogen) atoms. The zero-order chi connectivity index (χ0) is 45.4. The number of aromatic nitrogens is 1. The van der Waals surface area contributed by atoms with Gasteiger partial charge in [-0.15, -0.1) is 0 Å². The highest BCUT2D eigenvalue weighted by Gasteiger charge is 2.62. The Bertz CT molecular complexity index is 3280. The van der Waals surface area contributed by atoms with Gasteiger partial charge in [0.1, 0.15) is 0 Å². The average Bonchev–Trinajstić information content (AvgIpc) is 3.79. The molecular formula is C65H49NSi2. The van der Waals surface area contributed by atoms with Crippen LogP contribution in [0.4, 0.5) is 0 Å². The Hall–Kier alpha value is -8.09. The summed E-state index contributed by atoms with van der Waals surface area (Å²) in [5.41, 5.74) is 7.94. The van der Waals surface area contributed by atoms with Crippen LogP contribution in [0.1, 0.15) is 22.3 Å². The van der Waals surface area contributed by atoms with E-state index in [0.29, 0.717) is 0 Å². The highest BCUT2D eigenvalue weighted by atomic mass is 28.3. The Morgan fingerprint density at radius 2 is 0.691 bits per heavy atom. The van der Waals surface area contributed by atoms with E-state index < -0.39 is 21.6 Å². The molecule has 0 aliphatic carbocycles. The number of para-hydroxylation sites is 1. The van der Waals surface area contributed by atoms with Crippen molar-refractivity contribution in [3.8, 4) is 16.9 Å². The number of rotatable bonds is 10. The van der Waals surface area contributed by atoms with Gasteiger partial charge in [0.05, 0.1) is 11.1 Å². The molecule has 0 radical (unpaired) electrons. The van der Waals surface area contributed by atoms with E-state index in [1.165, 1.54) is 75.1 Å². The molecule has 2 heterocycles. The molecule has 0 amide bonds. The number of hydrogen-bond donors (Lipinski definition) is 0. The fourth-order valence-electron chi connectivity index (χ4n) is 12.0. The summed E-state index contributed by atoms with van der Waals surface area (Å²) in [6.07, 6.45) is 0. The van der Waals surface area contributed by atoms with Crippen molar-refractivity contribution in [3.05, 3.63) is 320 Å². The lowest BCUT2D eigenvalue weighted by Crippen LogP contribution is -2.82. The quantitative estimate of drug-likeness (QED) is 0.0953. The topological polar surface area (TPSA) is 4.93 Å². The van der Waals surface area contributed by atoms with Crippen LogP contribution in [0.3, 0.4) is 0 Å². The average molecular weight is 900 g/mol. The molecule has 1 nitrogen and oxygen atoms in total. The summed E-state index contributed by atoms with van der Waals surface area (Å²) in [4.78, 5) is 0. The molecule has 0 bridgehead atoms. The first kappa shape index (κ1) is 41.4. The summed E-state index contributed by atoms with van der Waals surface area (Å²) in [5, 5.41) is 10.9. The zero-order valence-corrected chi connectivity index (χ0v) is 39.7. The van der Waals surface area contributed by atoms with Crippen LogP contribution in [0.2, 0.25) is 0 Å². The molecule has 1 aromatic heterocycles. The molecule has 12 rings (SSSR count). The molecule has 0 N–H and O–H groups in total. The van der Waals surface area contributed by atoms with E-state index in [1.807, 2.05) is 0 Å². The van der Waals surface area contributed by atoms with Crippen molar-refractivity contribution in [2.24, 2.45) is 0 Å². The summed E-state index contributed by atoms with van der Waals surface area (Å²) in [6.45, 7) is 0. The third-order valence-corrected chi connectivity index (χ3v) is 24.2. The molecule has 0 spiro atoms. The predicted octanol–water partition coefficient (Wildman–Crippen LogP) is 9.60. The van der Waals surface area contributed by atoms with E-state index in [4.69, 9.17) is 0 Å². The van der Waals surface area contributed by atoms with Gasteiger partial charge in [-0.05, 0) is 76.3 Å². The molecule has 11 aromatic rings. The smallest absolute Gasteiger partial charge is 0.200 e. The number of fused-ring (bicyclic) bond motifs is 2. The predicted molar refractivity (Wildman–Crippen MR) is 290 cm³/mol. The summed E-state index contributed by atoms with van der Waals surface area (Å²) >= 11 is 0. The zero-order valence-electron chi connectivity index (χ0n) is 37.7. The minimum absolute atomic E-state index is 0.802. The van der Waals surface area contributed by atoms with Crippen LogP contribution in [-0.4, -0.2) is 20.7 Å². The Kier molecular flexibility index (Phi) is 10.5. The minimum Gasteiger partial charge on any atom is -0.316 e. The van der Waals surface area contributed by atoms with Crippen molar-refractivity contribution in [3.63, 3.8) is 0 Å². The lowest BCUT2D eigenvalue weighted by Gasteiger charge is -2.50. The van der Waals surface area contributed by atoms with Crippen LogP contribution in [0, 0.1) is 0 Å². The van der Waals surface area contributed by atoms with E-state index >= 15 is 0 Å². The third kappa shape index (κ3) is 6.13. The lowest BCUT2D eigenvalue weighted by molar-refractivity contribution is 0.754. The van der Waals surface area contributed by atoms with Crippen molar-refractivity contribution in [2.45, 2.75) is 5.41 Å². The van der Waals surface area contributed by atoms with Gasteiger partial charge in [-0.2, -0.15) is 0 Å². The minimum atomic E-state index is -3.46. The SMILES string of the molecule is c1ccc(-c2c([Si](c3ccccc3)(c3ccccc3)c3ccccc3)c3c(n2-c2ccccc2)[Si](c2ccccc2)(c2ccccc2)c2ccccc2C3(c2ccccc2)c2ccccc2)cc1. The number of nitrogens with zero attached hydrogens (tertiary/aromatic N) is 1. The Morgan fingerprint density at radius 1 is 0.338 bits per heavy atom. The monoisotopic (exact) mass is 899 g/mol. The molecule has 0 saturated heterocycles. The van der Waals surface area contributed by atoms with Gasteiger partial charge >= 0.3 is 0 Å². The largest absolute Gasteiger partial charge is 0.316 e. The van der Waals surface area contributed by atoms with Crippen LogP contribution in [0.15, 0.2) is 297 Å². The maximum absolute atomic E-state index is 3.46. The third-order valence-electron chi connectivity index (χ3n) is 14.5. The first-order valence-electron chi connectivity index (χ1n) is 23.7. The van der Waals surface area contributed by atoms with Gasteiger partial charge in [0.25, 0.3) is 0 Å². The molecule has 322 valence electrons. The van der Waals surface area contributed by atoms with E-state index in [2.05, 4.69) is 302 Å². The van der Waals surface area contributed by atoms with Crippen molar-refractivity contribution >= 4 is 57.8 Å². The van der Waals surface area contributed by atoms with Crippen LogP contribution in [0.25, 0.3) is 16.9 Å². The first-order chi connectivity index (χ1) is 33.8. The molecule has 3 heteroatoms. The number of benzene rings is 10. The molecule has 10 aromatic carbocycles. The Balaban J connectivity index is 1.50. The van der Waals surface area contributed by atoms with Gasteiger partial charge in [0.15, 0.2) is 16.1 Å². The fourth-order valence-corrected chi connectivity index (χ4v) is 22.8. The van der Waals surface area contributed by atoms with Crippen LogP contribution in [-0.2, 0) is 5.41 Å². The van der Waals surface area contributed by atoms with Crippen molar-refractivity contribution in [1.82, 2.24) is 4.57 Å². The van der Waals surface area contributed by atoms with Crippen LogP contribution < -0.4 is 41.6 Å². The number of hydrogen-bond acceptors (Lipinski definition) is 0. The summed E-state index contributed by atoms with van der Waals surface area (Å²) in [6, 6.07) is 113. The van der Waals surface area contributed by atoms with E-state index in [0.717, 1.165) is 5.69 Å². The van der Waals surface area contributed by atoms with Gasteiger partial charge in [-0.25, -0.2) is 0 Å². The molecule has 0 atom stereocenters. The molecular weight excluding hydrogens is 851 g/mol. The van der Waals surface area contributed by atoms with Gasteiger partial charge in [-0.1, -0.05) is 285 Å². The van der Waals surface area contributed by atoms with Gasteiger partial charge in [-0.3, -0.25) is 0 Å². The van der Waals surface area contributed by atoms with Crippen LogP contribution in [0.5, 0.6) is 0 Å². The first-order valence-corrected chi connectivity index (χ1v) is 27.7. The lowest BCUT2D eigenvalue weighted by atomic mass is 9.65. The second-order valence-electron chi connectivity index (χ2n) is 17.8. The van der Waals surface area contributed by atoms with Crippen LogP contribution >= 0.6 is 0 Å². The molecule has 0 saturated carbocycles. The van der Waals surface area contributed by atoms with Crippen molar-refractivity contribution in [1.29, 1.82) is 0 Å². The normalized spacial score (nSPS) is 13.5. The van der Waals surface area contributed by atoms with Gasteiger partial charge in [0.2, 0.25) is 0 Å². The molecule has 1 aliphatic rings. The maximum atomic E-state index is 2.78. The summed E-state index contributed by atoms with van der Waals surface area (Å²) in [5.74, 6) is 0. The highest BCUT2D eigenvalue weighted by Crippen LogP contribution is 2.49. The van der Waals surface area contributed by atoms with E-state index in [-0.39, 0.29) is 0 Å². The summed E-state index contributed by atoms with van der Waals surface area (Å²) in [7, 11) is -6.86. The maximum Gasteiger partial charge on any atom is 0.200 e. The highest BCUT2D eigenvalue weighted by molar-refractivity contribution is 7.23. The van der Waals surface area contributed by atoms with Gasteiger partial charge in [0, 0.05) is 11.0 Å². The molecule has 0 fully saturated rings. The Labute approximate surface area is 402 Å². The van der Waals surface area contributed by atoms with Crippen molar-refractivity contribution < 1.29 is 0 Å². The molecule has 1 aliphatic heterocycles. The molecule has 0 unspecified atom stereocenters. The standard InChI is InChI=1S/C65H49NSi2/c1-10-30-50(31-11-1)62-63(67(54-38-18-5-19-39-54,55-40-20-6-21-41-55)56-42-22-7-23-43-56)61-64(66(62)53-36-16-4-17-37-53)68(57-44-24-8-25-45-57,58-46-26-9-27-47-58)60-49-29-28-48-59(60)65(61,51-32-12-2-13-33-51)52-34-14-3-15-35-52/h1-49H. The fraction of sp³-hybridized carbons (Fsp3) is 0.0154. The van der Waals surface area contributed by atoms with Gasteiger partial charge < -0.3 is 4.57 Å². The second-order valence-corrected chi connectivity index (χ2v) is 25.2. The Morgan fingerprint density at radius 3 is 1.13 bits per heavy atom. The van der Waals surface area contributed by atoms with E-state index in [1.54, 1.807) is 0 Å². The van der Waals surface area contributed by atoms with Crippen molar-refractivity contribution in [2.75, 3.05) is 0 Å².